The summed E-state index contributed by atoms with van der Waals surface area (Å²) < 4.78 is 0. The second kappa shape index (κ2) is 7.88. The molecular formula is C14H19N3O4. The molecular weight excluding hydrogens is 274 g/mol. The van der Waals surface area contributed by atoms with Crippen LogP contribution in [0.3, 0.4) is 0 Å². The highest BCUT2D eigenvalue weighted by atomic mass is 16.4. The van der Waals surface area contributed by atoms with Crippen molar-refractivity contribution in [1.29, 1.82) is 0 Å². The van der Waals surface area contributed by atoms with Crippen molar-refractivity contribution in [2.24, 2.45) is 0 Å². The minimum absolute atomic E-state index is 0.289. The Labute approximate surface area is 122 Å². The number of amides is 3. The summed E-state index contributed by atoms with van der Waals surface area (Å²) in [6.45, 7) is 3.33. The average molecular weight is 293 g/mol. The van der Waals surface area contributed by atoms with Crippen LogP contribution in [-0.4, -0.2) is 36.1 Å². The van der Waals surface area contributed by atoms with Gasteiger partial charge in [0.2, 0.25) is 5.91 Å². The fourth-order valence-corrected chi connectivity index (χ4v) is 1.55. The van der Waals surface area contributed by atoms with Crippen LogP contribution in [0.4, 0.5) is 10.5 Å². The largest absolute Gasteiger partial charge is 0.480 e. The number of carboxylic acids is 1. The SMILES string of the molecule is CC(C)c1cccc(NC(=O)NCC(=O)NCC(=O)O)c1. The first-order valence-corrected chi connectivity index (χ1v) is 6.51. The van der Waals surface area contributed by atoms with Gasteiger partial charge in [-0.25, -0.2) is 4.79 Å². The number of benzene rings is 1. The molecule has 0 aliphatic heterocycles. The van der Waals surface area contributed by atoms with Crippen molar-refractivity contribution in [3.05, 3.63) is 29.8 Å². The summed E-state index contributed by atoms with van der Waals surface area (Å²) in [7, 11) is 0. The molecule has 0 aliphatic carbocycles. The van der Waals surface area contributed by atoms with E-state index in [4.69, 9.17) is 5.11 Å². The molecule has 0 heterocycles. The molecule has 0 saturated carbocycles. The minimum Gasteiger partial charge on any atom is -0.480 e. The highest BCUT2D eigenvalue weighted by Gasteiger charge is 2.07. The molecule has 1 aromatic carbocycles. The van der Waals surface area contributed by atoms with Gasteiger partial charge in [-0.05, 0) is 23.6 Å². The molecule has 114 valence electrons. The molecule has 0 fully saturated rings. The van der Waals surface area contributed by atoms with E-state index in [9.17, 15) is 14.4 Å². The number of hydrogen-bond donors (Lipinski definition) is 4. The summed E-state index contributed by atoms with van der Waals surface area (Å²) in [6.07, 6.45) is 0. The zero-order valence-electron chi connectivity index (χ0n) is 12.0. The van der Waals surface area contributed by atoms with Gasteiger partial charge in [-0.2, -0.15) is 0 Å². The van der Waals surface area contributed by atoms with Gasteiger partial charge in [-0.1, -0.05) is 26.0 Å². The van der Waals surface area contributed by atoms with Crippen molar-refractivity contribution in [2.45, 2.75) is 19.8 Å². The molecule has 3 amide bonds. The molecule has 4 N–H and O–H groups in total. The van der Waals surface area contributed by atoms with Gasteiger partial charge in [0.05, 0.1) is 6.54 Å². The van der Waals surface area contributed by atoms with Crippen LogP contribution in [-0.2, 0) is 9.59 Å². The third-order valence-corrected chi connectivity index (χ3v) is 2.66. The third-order valence-electron chi connectivity index (χ3n) is 2.66. The van der Waals surface area contributed by atoms with E-state index in [1.165, 1.54) is 0 Å². The summed E-state index contributed by atoms with van der Waals surface area (Å²) in [4.78, 5) is 33.1. The van der Waals surface area contributed by atoms with Crippen LogP contribution in [0, 0.1) is 0 Å². The number of aliphatic carboxylic acids is 1. The zero-order valence-corrected chi connectivity index (χ0v) is 12.0. The van der Waals surface area contributed by atoms with E-state index in [2.05, 4.69) is 16.0 Å². The lowest BCUT2D eigenvalue weighted by molar-refractivity contribution is -0.137. The molecule has 0 atom stereocenters. The van der Waals surface area contributed by atoms with Crippen LogP contribution in [0.15, 0.2) is 24.3 Å². The maximum Gasteiger partial charge on any atom is 0.322 e. The monoisotopic (exact) mass is 293 g/mol. The Hall–Kier alpha value is -2.57. The summed E-state index contributed by atoms with van der Waals surface area (Å²) >= 11 is 0. The molecule has 21 heavy (non-hydrogen) atoms. The molecule has 0 saturated heterocycles. The standard InChI is InChI=1S/C14H19N3O4/c1-9(2)10-4-3-5-11(6-10)17-14(21)16-7-12(18)15-8-13(19)20/h3-6,9H,7-8H2,1-2H3,(H,15,18)(H,19,20)(H2,16,17,21). The highest BCUT2D eigenvalue weighted by Crippen LogP contribution is 2.18. The smallest absolute Gasteiger partial charge is 0.322 e. The number of carboxylic acid groups (broad SMARTS) is 1. The molecule has 0 radical (unpaired) electrons. The number of carbonyl (C=O) groups excluding carboxylic acids is 2. The Bertz CT molecular complexity index is 529. The van der Waals surface area contributed by atoms with Gasteiger partial charge in [-0.3, -0.25) is 9.59 Å². The van der Waals surface area contributed by atoms with E-state index in [0.717, 1.165) is 5.56 Å². The Morgan fingerprint density at radius 3 is 2.48 bits per heavy atom. The van der Waals surface area contributed by atoms with Crippen molar-refractivity contribution >= 4 is 23.6 Å². The van der Waals surface area contributed by atoms with Gasteiger partial charge in [0, 0.05) is 5.69 Å². The second-order valence-electron chi connectivity index (χ2n) is 4.76. The first-order valence-electron chi connectivity index (χ1n) is 6.51. The Balaban J connectivity index is 2.42. The molecule has 7 nitrogen and oxygen atoms in total. The molecule has 1 aromatic rings. The first kappa shape index (κ1) is 16.5. The quantitative estimate of drug-likeness (QED) is 0.630. The number of urea groups is 1. The van der Waals surface area contributed by atoms with Crippen molar-refractivity contribution in [3.63, 3.8) is 0 Å². The summed E-state index contributed by atoms with van der Waals surface area (Å²) in [5.41, 5.74) is 1.72. The van der Waals surface area contributed by atoms with E-state index in [1.54, 1.807) is 6.07 Å². The van der Waals surface area contributed by atoms with E-state index in [0.29, 0.717) is 11.6 Å². The van der Waals surface area contributed by atoms with Crippen molar-refractivity contribution < 1.29 is 19.5 Å². The normalized spacial score (nSPS) is 10.0. The van der Waals surface area contributed by atoms with Gasteiger partial charge in [0.1, 0.15) is 6.54 Å². The van der Waals surface area contributed by atoms with Crippen LogP contribution in [0.5, 0.6) is 0 Å². The summed E-state index contributed by atoms with van der Waals surface area (Å²) in [6, 6.07) is 6.88. The number of carbonyl (C=O) groups is 3. The minimum atomic E-state index is -1.14. The zero-order chi connectivity index (χ0) is 15.8. The molecule has 0 spiro atoms. The first-order chi connectivity index (χ1) is 9.88. The lowest BCUT2D eigenvalue weighted by atomic mass is 10.0. The van der Waals surface area contributed by atoms with E-state index in [1.807, 2.05) is 32.0 Å². The maximum atomic E-state index is 11.6. The van der Waals surface area contributed by atoms with E-state index < -0.39 is 24.5 Å². The number of nitrogens with one attached hydrogen (secondary N) is 3. The van der Waals surface area contributed by atoms with Crippen LogP contribution in [0.25, 0.3) is 0 Å². The van der Waals surface area contributed by atoms with Gasteiger partial charge in [-0.15, -0.1) is 0 Å². The Morgan fingerprint density at radius 1 is 1.14 bits per heavy atom. The average Bonchev–Trinajstić information content (AvgIpc) is 2.43. The van der Waals surface area contributed by atoms with Crippen molar-refractivity contribution in [2.75, 3.05) is 18.4 Å². The second-order valence-corrected chi connectivity index (χ2v) is 4.76. The maximum absolute atomic E-state index is 11.6. The molecule has 0 bridgehead atoms. The van der Waals surface area contributed by atoms with Crippen LogP contribution in [0.1, 0.15) is 25.3 Å². The molecule has 7 heteroatoms. The molecule has 0 aromatic heterocycles. The van der Waals surface area contributed by atoms with Crippen molar-refractivity contribution in [3.8, 4) is 0 Å². The van der Waals surface area contributed by atoms with Crippen molar-refractivity contribution in [1.82, 2.24) is 10.6 Å². The molecule has 1 rings (SSSR count). The van der Waals surface area contributed by atoms with Gasteiger partial charge in [0.15, 0.2) is 0 Å². The predicted octanol–water partition coefficient (Wildman–Crippen LogP) is 1.13. The predicted molar refractivity (Wildman–Crippen MR) is 78.2 cm³/mol. The van der Waals surface area contributed by atoms with Crippen LogP contribution in [0.2, 0.25) is 0 Å². The Kier molecular flexibility index (Phi) is 6.19. The summed E-state index contributed by atoms with van der Waals surface area (Å²) in [5, 5.41) is 15.5. The van der Waals surface area contributed by atoms with Crippen LogP contribution >= 0.6 is 0 Å². The van der Waals surface area contributed by atoms with E-state index in [-0.39, 0.29) is 6.54 Å². The number of hydrogen-bond acceptors (Lipinski definition) is 3. The third kappa shape index (κ3) is 6.42. The lowest BCUT2D eigenvalue weighted by Gasteiger charge is -2.10. The fourth-order valence-electron chi connectivity index (χ4n) is 1.55. The van der Waals surface area contributed by atoms with Crippen LogP contribution < -0.4 is 16.0 Å². The molecule has 0 unspecified atom stereocenters. The van der Waals surface area contributed by atoms with E-state index >= 15 is 0 Å². The van der Waals surface area contributed by atoms with Gasteiger partial charge < -0.3 is 21.1 Å². The number of rotatable bonds is 6. The highest BCUT2D eigenvalue weighted by molar-refractivity contribution is 5.92. The van der Waals surface area contributed by atoms with Gasteiger partial charge in [0.25, 0.3) is 0 Å². The summed E-state index contributed by atoms with van der Waals surface area (Å²) in [5.74, 6) is -1.36. The number of anilines is 1. The Morgan fingerprint density at radius 2 is 1.86 bits per heavy atom. The van der Waals surface area contributed by atoms with Gasteiger partial charge >= 0.3 is 12.0 Å². The lowest BCUT2D eigenvalue weighted by Crippen LogP contribution is -2.40. The molecule has 0 aliphatic rings. The fraction of sp³-hybridized carbons (Fsp3) is 0.357. The topological polar surface area (TPSA) is 108 Å².